The van der Waals surface area contributed by atoms with E-state index in [1.54, 1.807) is 0 Å². The smallest absolute Gasteiger partial charge is 0.228 e. The average Bonchev–Trinajstić information content (AvgIpc) is 2.36. The van der Waals surface area contributed by atoms with E-state index in [2.05, 4.69) is 16.0 Å². The second-order valence-electron chi connectivity index (χ2n) is 4.14. The van der Waals surface area contributed by atoms with Gasteiger partial charge in [0, 0.05) is 12.6 Å². The van der Waals surface area contributed by atoms with Crippen molar-refractivity contribution in [2.45, 2.75) is 16.9 Å². The lowest BCUT2D eigenvalue weighted by atomic mass is 10.2. The molecular weight excluding hydrogens is 373 g/mol. The first-order chi connectivity index (χ1) is 10.1. The minimum absolute atomic E-state index is 0.0295. The maximum absolute atomic E-state index is 11.1. The Balaban J connectivity index is 2.71. The van der Waals surface area contributed by atoms with Crippen molar-refractivity contribution in [2.24, 2.45) is 0 Å². The van der Waals surface area contributed by atoms with E-state index in [4.69, 9.17) is 47.0 Å². The number of anilines is 1. The zero-order valence-corrected chi connectivity index (χ0v) is 14.2. The van der Waals surface area contributed by atoms with Crippen molar-refractivity contribution < 1.29 is 14.7 Å². The van der Waals surface area contributed by atoms with Gasteiger partial charge in [-0.1, -0.05) is 46.9 Å². The highest BCUT2D eigenvalue weighted by atomic mass is 35.6. The SMILES string of the molecule is CC(=O)N[C@@H](NC(=S)Nc1ccc(C(=O)[O-])cc1)C(Cl)(Cl)Cl. The number of halogens is 3. The first-order valence-electron chi connectivity index (χ1n) is 5.82. The molecule has 0 heterocycles. The van der Waals surface area contributed by atoms with Crippen LogP contribution in [0.25, 0.3) is 0 Å². The molecule has 3 N–H and O–H groups in total. The summed E-state index contributed by atoms with van der Waals surface area (Å²) >= 11 is 22.3. The third kappa shape index (κ3) is 6.23. The quantitative estimate of drug-likeness (QED) is 0.410. The Morgan fingerprint density at radius 2 is 1.73 bits per heavy atom. The summed E-state index contributed by atoms with van der Waals surface area (Å²) in [4.78, 5) is 21.7. The summed E-state index contributed by atoms with van der Waals surface area (Å²) in [5, 5.41) is 18.5. The van der Waals surface area contributed by atoms with Crippen molar-refractivity contribution >= 4 is 69.7 Å². The number of hydrogen-bond acceptors (Lipinski definition) is 4. The summed E-state index contributed by atoms with van der Waals surface area (Å²) in [5.74, 6) is -1.70. The highest BCUT2D eigenvalue weighted by Gasteiger charge is 2.33. The molecule has 0 saturated heterocycles. The monoisotopic (exact) mass is 382 g/mol. The molecule has 0 spiro atoms. The van der Waals surface area contributed by atoms with Gasteiger partial charge >= 0.3 is 0 Å². The van der Waals surface area contributed by atoms with Gasteiger partial charge in [0.2, 0.25) is 9.70 Å². The molecule has 1 rings (SSSR count). The van der Waals surface area contributed by atoms with E-state index >= 15 is 0 Å². The summed E-state index contributed by atoms with van der Waals surface area (Å²) in [6.07, 6.45) is -1.04. The molecule has 0 fully saturated rings. The number of rotatable bonds is 4. The summed E-state index contributed by atoms with van der Waals surface area (Å²) in [6.45, 7) is 1.26. The molecule has 1 aromatic rings. The van der Waals surface area contributed by atoms with Gasteiger partial charge in [-0.05, 0) is 29.9 Å². The first-order valence-corrected chi connectivity index (χ1v) is 7.36. The minimum Gasteiger partial charge on any atom is -0.545 e. The van der Waals surface area contributed by atoms with E-state index in [1.165, 1.54) is 31.2 Å². The van der Waals surface area contributed by atoms with Gasteiger partial charge in [-0.3, -0.25) is 4.79 Å². The number of hydrogen-bond donors (Lipinski definition) is 3. The third-order valence-corrected chi connectivity index (χ3v) is 3.20. The van der Waals surface area contributed by atoms with Crippen LogP contribution in [-0.4, -0.2) is 26.9 Å². The summed E-state index contributed by atoms with van der Waals surface area (Å²) < 4.78 is -1.82. The van der Waals surface area contributed by atoms with Gasteiger partial charge in [0.25, 0.3) is 0 Å². The number of carbonyl (C=O) groups excluding carboxylic acids is 2. The largest absolute Gasteiger partial charge is 0.545 e. The molecule has 1 aromatic carbocycles. The summed E-state index contributed by atoms with van der Waals surface area (Å²) in [5.41, 5.74) is 0.537. The van der Waals surface area contributed by atoms with Crippen LogP contribution < -0.4 is 21.1 Å². The second kappa shape index (κ2) is 7.82. The van der Waals surface area contributed by atoms with Crippen molar-refractivity contribution in [1.82, 2.24) is 10.6 Å². The molecule has 0 saturated carbocycles. The maximum atomic E-state index is 11.1. The predicted octanol–water partition coefficient (Wildman–Crippen LogP) is 1.17. The number of carboxylic acids is 1. The molecule has 22 heavy (non-hydrogen) atoms. The van der Waals surface area contributed by atoms with E-state index in [-0.39, 0.29) is 10.7 Å². The molecule has 10 heteroatoms. The van der Waals surface area contributed by atoms with Crippen molar-refractivity contribution in [1.29, 1.82) is 0 Å². The lowest BCUT2D eigenvalue weighted by Gasteiger charge is -2.27. The van der Waals surface area contributed by atoms with E-state index in [0.717, 1.165) is 0 Å². The molecule has 0 bridgehead atoms. The predicted molar refractivity (Wildman–Crippen MR) is 88.0 cm³/mol. The van der Waals surface area contributed by atoms with Crippen molar-refractivity contribution in [3.05, 3.63) is 29.8 Å². The van der Waals surface area contributed by atoms with Crippen LogP contribution in [0.15, 0.2) is 24.3 Å². The Bertz CT molecular complexity index is 575. The molecule has 1 atom stereocenters. The van der Waals surface area contributed by atoms with Gasteiger partial charge in [0.15, 0.2) is 5.11 Å². The standard InChI is InChI=1S/C12H12Cl3N3O3S/c1-6(19)16-10(12(13,14)15)18-11(22)17-8-4-2-7(3-5-8)9(20)21/h2-5,10H,1H3,(H,16,19)(H,20,21)(H2,17,18,22)/p-1/t10-/m0/s1. The molecule has 120 valence electrons. The van der Waals surface area contributed by atoms with E-state index in [1.807, 2.05) is 0 Å². The van der Waals surface area contributed by atoms with Gasteiger partial charge in [-0.25, -0.2) is 0 Å². The number of carbonyl (C=O) groups is 2. The van der Waals surface area contributed by atoms with Crippen molar-refractivity contribution in [3.63, 3.8) is 0 Å². The van der Waals surface area contributed by atoms with Crippen LogP contribution in [0.1, 0.15) is 17.3 Å². The van der Waals surface area contributed by atoms with Crippen LogP contribution in [-0.2, 0) is 4.79 Å². The number of thiocarbonyl (C=S) groups is 1. The second-order valence-corrected chi connectivity index (χ2v) is 6.92. The molecule has 0 aliphatic carbocycles. The first kappa shape index (κ1) is 18.8. The Hall–Kier alpha value is -1.28. The lowest BCUT2D eigenvalue weighted by molar-refractivity contribution is -0.255. The Morgan fingerprint density at radius 1 is 1.18 bits per heavy atom. The van der Waals surface area contributed by atoms with E-state index in [0.29, 0.717) is 5.69 Å². The topological polar surface area (TPSA) is 93.3 Å². The zero-order chi connectivity index (χ0) is 16.9. The van der Waals surface area contributed by atoms with Crippen LogP contribution in [0.2, 0.25) is 0 Å². The molecule has 0 aromatic heterocycles. The number of amides is 1. The highest BCUT2D eigenvalue weighted by molar-refractivity contribution is 7.80. The van der Waals surface area contributed by atoms with Gasteiger partial charge in [0.05, 0.1) is 5.97 Å². The molecular formula is C12H11Cl3N3O3S-. The van der Waals surface area contributed by atoms with Gasteiger partial charge in [-0.15, -0.1) is 0 Å². The van der Waals surface area contributed by atoms with Gasteiger partial charge < -0.3 is 25.9 Å². The molecule has 0 aliphatic heterocycles. The van der Waals surface area contributed by atoms with E-state index in [9.17, 15) is 14.7 Å². The molecule has 0 radical (unpaired) electrons. The average molecular weight is 384 g/mol. The van der Waals surface area contributed by atoms with Crippen molar-refractivity contribution in [3.8, 4) is 0 Å². The zero-order valence-electron chi connectivity index (χ0n) is 11.2. The lowest BCUT2D eigenvalue weighted by Crippen LogP contribution is -2.55. The summed E-state index contributed by atoms with van der Waals surface area (Å²) in [7, 11) is 0. The normalized spacial score (nSPS) is 12.2. The Morgan fingerprint density at radius 3 is 2.14 bits per heavy atom. The minimum atomic E-state index is -1.82. The maximum Gasteiger partial charge on any atom is 0.228 e. The molecule has 1 amide bonds. The summed E-state index contributed by atoms with van der Waals surface area (Å²) in [6, 6.07) is 5.67. The van der Waals surface area contributed by atoms with Crippen LogP contribution in [0.3, 0.4) is 0 Å². The van der Waals surface area contributed by atoms with Gasteiger partial charge in [0.1, 0.15) is 6.17 Å². The molecule has 0 unspecified atom stereocenters. The number of nitrogens with one attached hydrogen (secondary N) is 3. The van der Waals surface area contributed by atoms with Crippen LogP contribution in [0.4, 0.5) is 5.69 Å². The molecule has 0 aliphatic rings. The number of aromatic carboxylic acids is 1. The number of alkyl halides is 3. The van der Waals surface area contributed by atoms with Crippen molar-refractivity contribution in [2.75, 3.05) is 5.32 Å². The fourth-order valence-electron chi connectivity index (χ4n) is 1.39. The number of benzene rings is 1. The number of carboxylic acid groups (broad SMARTS) is 1. The highest BCUT2D eigenvalue weighted by Crippen LogP contribution is 2.29. The van der Waals surface area contributed by atoms with Crippen LogP contribution in [0, 0.1) is 0 Å². The fraction of sp³-hybridized carbons (Fsp3) is 0.250. The fourth-order valence-corrected chi connectivity index (χ4v) is 1.95. The van der Waals surface area contributed by atoms with Crippen LogP contribution >= 0.6 is 47.0 Å². The van der Waals surface area contributed by atoms with E-state index < -0.39 is 21.8 Å². The van der Waals surface area contributed by atoms with Crippen LogP contribution in [0.5, 0.6) is 0 Å². The Labute approximate surface area is 147 Å². The third-order valence-electron chi connectivity index (χ3n) is 2.33. The molecule has 6 nitrogen and oxygen atoms in total. The van der Waals surface area contributed by atoms with Gasteiger partial charge in [-0.2, -0.15) is 0 Å². The Kier molecular flexibility index (Phi) is 6.67.